The molecule has 0 unspecified atom stereocenters. The number of non-ortho nitro benzene ring substituents is 1. The van der Waals surface area contributed by atoms with E-state index in [-0.39, 0.29) is 29.8 Å². The predicted molar refractivity (Wildman–Crippen MR) is 132 cm³/mol. The number of carbonyl (C=O) groups is 2. The van der Waals surface area contributed by atoms with E-state index < -0.39 is 16.7 Å². The van der Waals surface area contributed by atoms with Crippen LogP contribution < -0.4 is 15.5 Å². The number of nitro benzene ring substituents is 1. The van der Waals surface area contributed by atoms with Gasteiger partial charge in [-0.25, -0.2) is 4.39 Å². The number of hydrogen-bond acceptors (Lipinski definition) is 7. The molecule has 0 radical (unpaired) electrons. The zero-order valence-electron chi connectivity index (χ0n) is 19.3. The standard InChI is InChI=1S/C25H25FN6O4/c26-21-8-1-2-9-22(21)30-11-13-31(14-12-30)23(18-5-4-10-27-16-18)17-28-24(33)25(34)29-19-6-3-7-20(15-19)32(35)36/h1-10,15-16,23H,11-14,17H2,(H,28,33)(H,29,34)/t23-/m0/s1. The van der Waals surface area contributed by atoms with Gasteiger partial charge >= 0.3 is 11.8 Å². The van der Waals surface area contributed by atoms with E-state index in [1.165, 1.54) is 30.3 Å². The Bertz CT molecular complexity index is 1230. The monoisotopic (exact) mass is 492 g/mol. The number of amides is 2. The zero-order valence-corrected chi connectivity index (χ0v) is 19.3. The van der Waals surface area contributed by atoms with Gasteiger partial charge in [0.25, 0.3) is 5.69 Å². The fourth-order valence-electron chi connectivity index (χ4n) is 4.17. The summed E-state index contributed by atoms with van der Waals surface area (Å²) in [7, 11) is 0. The van der Waals surface area contributed by atoms with E-state index in [0.717, 1.165) is 5.56 Å². The topological polar surface area (TPSA) is 121 Å². The summed E-state index contributed by atoms with van der Waals surface area (Å²) in [5, 5.41) is 16.0. The van der Waals surface area contributed by atoms with Crippen molar-refractivity contribution in [3.63, 3.8) is 0 Å². The molecule has 11 heteroatoms. The fraction of sp³-hybridized carbons (Fsp3) is 0.240. The van der Waals surface area contributed by atoms with Crippen LogP contribution in [0.25, 0.3) is 0 Å². The number of halogens is 1. The molecule has 2 aromatic carbocycles. The first-order valence-corrected chi connectivity index (χ1v) is 11.4. The van der Waals surface area contributed by atoms with Crippen LogP contribution in [-0.2, 0) is 9.59 Å². The summed E-state index contributed by atoms with van der Waals surface area (Å²) in [5.74, 6) is -2.05. The molecular weight excluding hydrogens is 467 g/mol. The molecule has 0 bridgehead atoms. The number of nitrogens with zero attached hydrogens (tertiary/aromatic N) is 4. The zero-order chi connectivity index (χ0) is 25.5. The number of hydrogen-bond donors (Lipinski definition) is 2. The summed E-state index contributed by atoms with van der Waals surface area (Å²) < 4.78 is 14.2. The minimum atomic E-state index is -0.926. The minimum Gasteiger partial charge on any atom is -0.367 e. The highest BCUT2D eigenvalue weighted by atomic mass is 19.1. The number of pyridine rings is 1. The van der Waals surface area contributed by atoms with Crippen molar-refractivity contribution in [1.82, 2.24) is 15.2 Å². The summed E-state index contributed by atoms with van der Waals surface area (Å²) >= 11 is 0. The Morgan fingerprint density at radius 1 is 1.03 bits per heavy atom. The normalized spacial score (nSPS) is 14.6. The van der Waals surface area contributed by atoms with Crippen LogP contribution in [0.4, 0.5) is 21.5 Å². The molecule has 1 atom stereocenters. The molecule has 4 rings (SSSR count). The van der Waals surface area contributed by atoms with Gasteiger partial charge in [-0.1, -0.05) is 24.3 Å². The largest absolute Gasteiger partial charge is 0.367 e. The third-order valence-corrected chi connectivity index (χ3v) is 5.99. The van der Waals surface area contributed by atoms with E-state index in [1.807, 2.05) is 11.0 Å². The quantitative estimate of drug-likeness (QED) is 0.296. The Morgan fingerprint density at radius 3 is 2.50 bits per heavy atom. The van der Waals surface area contributed by atoms with Crippen molar-refractivity contribution in [3.8, 4) is 0 Å². The Kier molecular flexibility index (Phi) is 7.81. The number of aromatic nitrogens is 1. The molecule has 2 amide bonds. The smallest absolute Gasteiger partial charge is 0.313 e. The molecule has 10 nitrogen and oxygen atoms in total. The molecule has 3 aromatic rings. The number of nitro groups is 1. The highest BCUT2D eigenvalue weighted by molar-refractivity contribution is 6.39. The van der Waals surface area contributed by atoms with Gasteiger partial charge in [0.15, 0.2) is 0 Å². The van der Waals surface area contributed by atoms with Crippen molar-refractivity contribution in [3.05, 3.63) is 94.6 Å². The SMILES string of the molecule is O=C(NC[C@@H](c1cccnc1)N1CCN(c2ccccc2F)CC1)C(=O)Nc1cccc([N+](=O)[O-])c1. The van der Waals surface area contributed by atoms with Crippen molar-refractivity contribution in [2.45, 2.75) is 6.04 Å². The number of para-hydroxylation sites is 1. The maximum atomic E-state index is 14.2. The molecule has 1 aromatic heterocycles. The van der Waals surface area contributed by atoms with Gasteiger partial charge in [-0.15, -0.1) is 0 Å². The number of benzene rings is 2. The number of nitrogens with one attached hydrogen (secondary N) is 2. The maximum Gasteiger partial charge on any atom is 0.313 e. The van der Waals surface area contributed by atoms with Crippen molar-refractivity contribution in [2.24, 2.45) is 0 Å². The van der Waals surface area contributed by atoms with Crippen molar-refractivity contribution in [1.29, 1.82) is 0 Å². The summed E-state index contributed by atoms with van der Waals surface area (Å²) in [6.45, 7) is 2.57. The molecule has 186 valence electrons. The number of rotatable bonds is 7. The van der Waals surface area contributed by atoms with Crippen molar-refractivity contribution in [2.75, 3.05) is 42.9 Å². The van der Waals surface area contributed by atoms with Gasteiger partial charge in [-0.2, -0.15) is 0 Å². The summed E-state index contributed by atoms with van der Waals surface area (Å²) in [6, 6.07) is 15.5. The first-order valence-electron chi connectivity index (χ1n) is 11.4. The molecule has 1 aliphatic heterocycles. The van der Waals surface area contributed by atoms with Crippen LogP contribution in [0.5, 0.6) is 0 Å². The Labute approximate surface area is 206 Å². The van der Waals surface area contributed by atoms with Crippen molar-refractivity contribution < 1.29 is 18.9 Å². The Morgan fingerprint density at radius 2 is 1.81 bits per heavy atom. The van der Waals surface area contributed by atoms with E-state index in [9.17, 15) is 24.1 Å². The van der Waals surface area contributed by atoms with E-state index in [1.54, 1.807) is 36.7 Å². The first kappa shape index (κ1) is 24.7. The summed E-state index contributed by atoms with van der Waals surface area (Å²) in [5.41, 5.74) is 1.38. The molecule has 2 N–H and O–H groups in total. The molecule has 1 saturated heterocycles. The van der Waals surface area contributed by atoms with Gasteiger partial charge in [0.2, 0.25) is 0 Å². The van der Waals surface area contributed by atoms with E-state index >= 15 is 0 Å². The third-order valence-electron chi connectivity index (χ3n) is 5.99. The molecular formula is C25H25FN6O4. The lowest BCUT2D eigenvalue weighted by molar-refractivity contribution is -0.384. The predicted octanol–water partition coefficient (Wildman–Crippen LogP) is 2.75. The van der Waals surface area contributed by atoms with Crippen LogP contribution in [0.3, 0.4) is 0 Å². The highest BCUT2D eigenvalue weighted by Gasteiger charge is 2.27. The third kappa shape index (κ3) is 5.99. The molecule has 0 aliphatic carbocycles. The molecule has 36 heavy (non-hydrogen) atoms. The first-order chi connectivity index (χ1) is 17.4. The van der Waals surface area contributed by atoms with Crippen LogP contribution in [0.1, 0.15) is 11.6 Å². The van der Waals surface area contributed by atoms with Crippen LogP contribution in [-0.4, -0.2) is 59.3 Å². The van der Waals surface area contributed by atoms with Crippen LogP contribution >= 0.6 is 0 Å². The number of piperazine rings is 1. The fourth-order valence-corrected chi connectivity index (χ4v) is 4.17. The van der Waals surface area contributed by atoms with Crippen LogP contribution in [0, 0.1) is 15.9 Å². The van der Waals surface area contributed by atoms with Gasteiger partial charge in [0.05, 0.1) is 16.7 Å². The van der Waals surface area contributed by atoms with Gasteiger partial charge in [-0.3, -0.25) is 29.6 Å². The molecule has 1 aliphatic rings. The van der Waals surface area contributed by atoms with Crippen LogP contribution in [0.2, 0.25) is 0 Å². The number of anilines is 2. The second-order valence-electron chi connectivity index (χ2n) is 8.25. The van der Waals surface area contributed by atoms with Crippen LogP contribution in [0.15, 0.2) is 73.1 Å². The van der Waals surface area contributed by atoms with Gasteiger partial charge in [-0.05, 0) is 29.8 Å². The van der Waals surface area contributed by atoms with Gasteiger partial charge < -0.3 is 15.5 Å². The second-order valence-corrected chi connectivity index (χ2v) is 8.25. The minimum absolute atomic E-state index is 0.145. The van der Waals surface area contributed by atoms with Gasteiger partial charge in [0.1, 0.15) is 5.82 Å². The molecule has 0 saturated carbocycles. The lowest BCUT2D eigenvalue weighted by atomic mass is 10.1. The second kappa shape index (κ2) is 11.4. The molecule has 1 fully saturated rings. The average molecular weight is 493 g/mol. The van der Waals surface area contributed by atoms with Gasteiger partial charge in [0, 0.05) is 62.9 Å². The molecule has 0 spiro atoms. The Hall–Kier alpha value is -4.38. The van der Waals surface area contributed by atoms with E-state index in [0.29, 0.717) is 31.9 Å². The maximum absolute atomic E-state index is 14.2. The van der Waals surface area contributed by atoms with E-state index in [2.05, 4.69) is 20.5 Å². The Balaban J connectivity index is 1.39. The number of carbonyl (C=O) groups excluding carboxylic acids is 2. The summed E-state index contributed by atoms with van der Waals surface area (Å²) in [4.78, 5) is 43.6. The lowest BCUT2D eigenvalue weighted by Gasteiger charge is -2.40. The van der Waals surface area contributed by atoms with Crippen molar-refractivity contribution >= 4 is 28.9 Å². The summed E-state index contributed by atoms with van der Waals surface area (Å²) in [6.07, 6.45) is 3.37. The van der Waals surface area contributed by atoms with E-state index in [4.69, 9.17) is 0 Å². The highest BCUT2D eigenvalue weighted by Crippen LogP contribution is 2.25. The molecule has 2 heterocycles. The average Bonchev–Trinajstić information content (AvgIpc) is 2.90. The lowest BCUT2D eigenvalue weighted by Crippen LogP contribution is -2.50.